The lowest BCUT2D eigenvalue weighted by Crippen LogP contribution is -2.00. The van der Waals surface area contributed by atoms with Gasteiger partial charge in [0, 0.05) is 5.56 Å². The number of hydrogen-bond donors (Lipinski definition) is 0. The Labute approximate surface area is 125 Å². The van der Waals surface area contributed by atoms with Gasteiger partial charge in [-0.15, -0.1) is 0 Å². The molecule has 0 bridgehead atoms. The molecule has 2 aromatic rings. The quantitative estimate of drug-likeness (QED) is 0.749. The monoisotopic (exact) mass is 290 g/mol. The Morgan fingerprint density at radius 1 is 1.10 bits per heavy atom. The standard InChI is InChI=1S/C16H19ClN2O/c1-9(2)13-7-6-10(3)8-14(13)20-16-11(4)15(17)18-12(5)19-16/h6-9H,1-5H3. The van der Waals surface area contributed by atoms with Crippen molar-refractivity contribution in [1.29, 1.82) is 0 Å². The van der Waals surface area contributed by atoms with E-state index in [1.165, 1.54) is 0 Å². The number of ether oxygens (including phenoxy) is 1. The molecule has 0 fully saturated rings. The Morgan fingerprint density at radius 3 is 2.45 bits per heavy atom. The molecular formula is C16H19ClN2O. The normalized spacial score (nSPS) is 10.9. The van der Waals surface area contributed by atoms with Crippen LogP contribution >= 0.6 is 11.6 Å². The van der Waals surface area contributed by atoms with E-state index >= 15 is 0 Å². The molecular weight excluding hydrogens is 272 g/mol. The van der Waals surface area contributed by atoms with Gasteiger partial charge < -0.3 is 4.74 Å². The number of nitrogens with zero attached hydrogens (tertiary/aromatic N) is 2. The number of hydrogen-bond acceptors (Lipinski definition) is 3. The molecule has 3 nitrogen and oxygen atoms in total. The van der Waals surface area contributed by atoms with Gasteiger partial charge in [-0.1, -0.05) is 37.6 Å². The minimum atomic E-state index is 0.379. The van der Waals surface area contributed by atoms with Gasteiger partial charge in [-0.25, -0.2) is 4.98 Å². The lowest BCUT2D eigenvalue weighted by atomic mass is 10.0. The van der Waals surface area contributed by atoms with E-state index in [0.717, 1.165) is 22.4 Å². The SMILES string of the molecule is Cc1ccc(C(C)C)c(Oc2nc(C)nc(Cl)c2C)c1. The molecule has 0 aliphatic heterocycles. The first-order valence-electron chi connectivity index (χ1n) is 6.67. The fraction of sp³-hybridized carbons (Fsp3) is 0.375. The first kappa shape index (κ1) is 14.8. The van der Waals surface area contributed by atoms with Crippen molar-refractivity contribution < 1.29 is 4.74 Å². The summed E-state index contributed by atoms with van der Waals surface area (Å²) in [5.41, 5.74) is 3.06. The Balaban J connectivity index is 2.47. The Kier molecular flexibility index (Phi) is 4.29. The summed E-state index contributed by atoms with van der Waals surface area (Å²) in [6, 6.07) is 6.22. The summed E-state index contributed by atoms with van der Waals surface area (Å²) >= 11 is 6.09. The highest BCUT2D eigenvalue weighted by Gasteiger charge is 2.13. The molecule has 0 aliphatic rings. The molecule has 1 aromatic carbocycles. The maximum absolute atomic E-state index is 6.09. The smallest absolute Gasteiger partial charge is 0.226 e. The lowest BCUT2D eigenvalue weighted by molar-refractivity contribution is 0.447. The van der Waals surface area contributed by atoms with E-state index in [1.807, 2.05) is 19.9 Å². The molecule has 0 radical (unpaired) electrons. The molecule has 0 spiro atoms. The van der Waals surface area contributed by atoms with E-state index in [-0.39, 0.29) is 0 Å². The minimum Gasteiger partial charge on any atom is -0.438 e. The van der Waals surface area contributed by atoms with Crippen molar-refractivity contribution >= 4 is 11.6 Å². The van der Waals surface area contributed by atoms with Gasteiger partial charge in [0.05, 0.1) is 0 Å². The van der Waals surface area contributed by atoms with Crippen LogP contribution < -0.4 is 4.74 Å². The molecule has 0 N–H and O–H groups in total. The van der Waals surface area contributed by atoms with Gasteiger partial charge in [0.2, 0.25) is 5.88 Å². The number of rotatable bonds is 3. The molecule has 2 rings (SSSR count). The number of halogens is 1. The highest BCUT2D eigenvalue weighted by molar-refractivity contribution is 6.30. The van der Waals surface area contributed by atoms with Crippen LogP contribution in [-0.4, -0.2) is 9.97 Å². The van der Waals surface area contributed by atoms with E-state index in [0.29, 0.717) is 22.8 Å². The number of aryl methyl sites for hydroxylation is 2. The van der Waals surface area contributed by atoms with Crippen LogP contribution in [0.2, 0.25) is 5.15 Å². The van der Waals surface area contributed by atoms with E-state index in [4.69, 9.17) is 16.3 Å². The highest BCUT2D eigenvalue weighted by atomic mass is 35.5. The molecule has 1 aromatic heterocycles. The second-order valence-electron chi connectivity index (χ2n) is 5.29. The zero-order valence-electron chi connectivity index (χ0n) is 12.5. The highest BCUT2D eigenvalue weighted by Crippen LogP contribution is 2.33. The summed E-state index contributed by atoms with van der Waals surface area (Å²) in [5.74, 6) is 2.34. The average Bonchev–Trinajstić information content (AvgIpc) is 2.35. The Morgan fingerprint density at radius 2 is 1.80 bits per heavy atom. The topological polar surface area (TPSA) is 35.0 Å². The van der Waals surface area contributed by atoms with Crippen LogP contribution in [-0.2, 0) is 0 Å². The lowest BCUT2D eigenvalue weighted by Gasteiger charge is -2.15. The van der Waals surface area contributed by atoms with E-state index in [2.05, 4.69) is 35.9 Å². The largest absolute Gasteiger partial charge is 0.438 e. The summed E-state index contributed by atoms with van der Waals surface area (Å²) in [7, 11) is 0. The summed E-state index contributed by atoms with van der Waals surface area (Å²) in [5, 5.41) is 0.436. The number of aromatic nitrogens is 2. The Hall–Kier alpha value is -1.61. The maximum Gasteiger partial charge on any atom is 0.226 e. The van der Waals surface area contributed by atoms with Crippen molar-refractivity contribution in [1.82, 2.24) is 9.97 Å². The van der Waals surface area contributed by atoms with Gasteiger partial charge in [-0.05, 0) is 43.9 Å². The third-order valence-corrected chi connectivity index (χ3v) is 3.52. The van der Waals surface area contributed by atoms with Crippen LogP contribution in [0.25, 0.3) is 0 Å². The third-order valence-electron chi connectivity index (χ3n) is 3.15. The first-order chi connectivity index (χ1) is 9.38. The molecule has 20 heavy (non-hydrogen) atoms. The molecule has 106 valence electrons. The van der Waals surface area contributed by atoms with Crippen LogP contribution in [0, 0.1) is 20.8 Å². The number of benzene rings is 1. The zero-order valence-corrected chi connectivity index (χ0v) is 13.2. The van der Waals surface area contributed by atoms with Crippen molar-refractivity contribution in [2.75, 3.05) is 0 Å². The van der Waals surface area contributed by atoms with Gasteiger partial charge in [0.15, 0.2) is 0 Å². The summed E-state index contributed by atoms with van der Waals surface area (Å²) in [4.78, 5) is 8.47. The van der Waals surface area contributed by atoms with Crippen LogP contribution in [0.3, 0.4) is 0 Å². The summed E-state index contributed by atoms with van der Waals surface area (Å²) in [6.45, 7) is 9.99. The second kappa shape index (κ2) is 5.80. The first-order valence-corrected chi connectivity index (χ1v) is 7.05. The molecule has 0 unspecified atom stereocenters. The van der Waals surface area contributed by atoms with Gasteiger partial charge >= 0.3 is 0 Å². The zero-order chi connectivity index (χ0) is 14.9. The average molecular weight is 291 g/mol. The van der Waals surface area contributed by atoms with E-state index < -0.39 is 0 Å². The molecule has 0 amide bonds. The molecule has 1 heterocycles. The fourth-order valence-electron chi connectivity index (χ4n) is 1.98. The van der Waals surface area contributed by atoms with Crippen molar-refractivity contribution in [2.24, 2.45) is 0 Å². The summed E-state index contributed by atoms with van der Waals surface area (Å²) in [6.07, 6.45) is 0. The Bertz CT molecular complexity index is 639. The van der Waals surface area contributed by atoms with E-state index in [9.17, 15) is 0 Å². The van der Waals surface area contributed by atoms with Gasteiger partial charge in [-0.3, -0.25) is 0 Å². The van der Waals surface area contributed by atoms with Crippen molar-refractivity contribution in [3.05, 3.63) is 45.9 Å². The minimum absolute atomic E-state index is 0.379. The third kappa shape index (κ3) is 3.10. The summed E-state index contributed by atoms with van der Waals surface area (Å²) < 4.78 is 6.01. The predicted molar refractivity (Wildman–Crippen MR) is 81.9 cm³/mol. The fourth-order valence-corrected chi connectivity index (χ4v) is 2.18. The van der Waals surface area contributed by atoms with Crippen LogP contribution in [0.15, 0.2) is 18.2 Å². The van der Waals surface area contributed by atoms with Crippen molar-refractivity contribution in [3.63, 3.8) is 0 Å². The second-order valence-corrected chi connectivity index (χ2v) is 5.65. The van der Waals surface area contributed by atoms with Crippen molar-refractivity contribution in [2.45, 2.75) is 40.5 Å². The van der Waals surface area contributed by atoms with Crippen LogP contribution in [0.5, 0.6) is 11.6 Å². The van der Waals surface area contributed by atoms with E-state index in [1.54, 1.807) is 6.92 Å². The molecule has 0 aliphatic carbocycles. The van der Waals surface area contributed by atoms with Gasteiger partial charge in [-0.2, -0.15) is 4.98 Å². The molecule has 0 saturated carbocycles. The van der Waals surface area contributed by atoms with Crippen LogP contribution in [0.1, 0.15) is 42.3 Å². The maximum atomic E-state index is 6.09. The van der Waals surface area contributed by atoms with Crippen LogP contribution in [0.4, 0.5) is 0 Å². The van der Waals surface area contributed by atoms with Gasteiger partial charge in [0.1, 0.15) is 16.7 Å². The predicted octanol–water partition coefficient (Wildman–Crippen LogP) is 4.97. The molecule has 4 heteroatoms. The molecule has 0 saturated heterocycles. The molecule has 0 atom stereocenters. The van der Waals surface area contributed by atoms with Gasteiger partial charge in [0.25, 0.3) is 0 Å². The van der Waals surface area contributed by atoms with Crippen molar-refractivity contribution in [3.8, 4) is 11.6 Å².